The van der Waals surface area contributed by atoms with Gasteiger partial charge in [0.1, 0.15) is 0 Å². The van der Waals surface area contributed by atoms with Gasteiger partial charge in [-0.15, -0.1) is 0 Å². The summed E-state index contributed by atoms with van der Waals surface area (Å²) in [5, 5.41) is 10.5. The van der Waals surface area contributed by atoms with Crippen molar-refractivity contribution in [3.8, 4) is 0 Å². The summed E-state index contributed by atoms with van der Waals surface area (Å²) in [7, 11) is 0. The van der Waals surface area contributed by atoms with Gasteiger partial charge < -0.3 is 10.8 Å². The van der Waals surface area contributed by atoms with E-state index in [0.717, 1.165) is 17.5 Å². The third-order valence-electron chi connectivity index (χ3n) is 2.26. The third kappa shape index (κ3) is 2.98. The van der Waals surface area contributed by atoms with Crippen LogP contribution < -0.4 is 5.73 Å². The van der Waals surface area contributed by atoms with E-state index in [9.17, 15) is 5.11 Å². The molecule has 0 amide bonds. The van der Waals surface area contributed by atoms with Gasteiger partial charge in [-0.25, -0.2) is 0 Å². The normalized spacial score (nSPS) is 12.9. The Morgan fingerprint density at radius 2 is 2.21 bits per heavy atom. The van der Waals surface area contributed by atoms with Crippen molar-refractivity contribution in [1.29, 1.82) is 0 Å². The van der Waals surface area contributed by atoms with Gasteiger partial charge in [0.2, 0.25) is 0 Å². The molecule has 3 N–H and O–H groups in total. The molecular weight excluding hydrogens is 198 g/mol. The van der Waals surface area contributed by atoms with Gasteiger partial charge in [0.15, 0.2) is 0 Å². The summed E-state index contributed by atoms with van der Waals surface area (Å²) in [6.45, 7) is 2.55. The Balaban J connectivity index is 2.70. The number of halogens is 1. The van der Waals surface area contributed by atoms with Gasteiger partial charge in [-0.1, -0.05) is 23.7 Å². The van der Waals surface area contributed by atoms with E-state index in [-0.39, 0.29) is 0 Å². The van der Waals surface area contributed by atoms with Crippen LogP contribution in [0.4, 0.5) is 0 Å². The Kier molecular flexibility index (Phi) is 4.39. The number of aryl methyl sites for hydroxylation is 1. The van der Waals surface area contributed by atoms with Crippen LogP contribution in [0.15, 0.2) is 18.2 Å². The summed E-state index contributed by atoms with van der Waals surface area (Å²) < 4.78 is 0. The maximum Gasteiger partial charge on any atom is 0.0791 e. The van der Waals surface area contributed by atoms with Crippen LogP contribution >= 0.6 is 11.6 Å². The molecule has 1 unspecified atom stereocenters. The largest absolute Gasteiger partial charge is 0.388 e. The zero-order valence-electron chi connectivity index (χ0n) is 8.33. The SMILES string of the molecule is Cc1ccc(C(O)CCCN)cc1Cl. The highest BCUT2D eigenvalue weighted by Gasteiger charge is 2.07. The van der Waals surface area contributed by atoms with Crippen molar-refractivity contribution in [2.24, 2.45) is 5.73 Å². The molecule has 0 aliphatic heterocycles. The van der Waals surface area contributed by atoms with E-state index in [2.05, 4.69) is 0 Å². The highest BCUT2D eigenvalue weighted by molar-refractivity contribution is 6.31. The minimum Gasteiger partial charge on any atom is -0.388 e. The molecule has 1 atom stereocenters. The first-order valence-corrected chi connectivity index (χ1v) is 5.17. The van der Waals surface area contributed by atoms with Crippen LogP contribution in [0.5, 0.6) is 0 Å². The average molecular weight is 214 g/mol. The van der Waals surface area contributed by atoms with Crippen molar-refractivity contribution in [2.45, 2.75) is 25.9 Å². The van der Waals surface area contributed by atoms with Gasteiger partial charge in [-0.05, 0) is 43.5 Å². The molecule has 0 aromatic heterocycles. The Morgan fingerprint density at radius 3 is 2.79 bits per heavy atom. The third-order valence-corrected chi connectivity index (χ3v) is 2.67. The number of nitrogens with two attached hydrogens (primary N) is 1. The molecule has 0 radical (unpaired) electrons. The summed E-state index contributed by atoms with van der Waals surface area (Å²) in [5.41, 5.74) is 7.27. The molecule has 0 spiro atoms. The predicted octanol–water partition coefficient (Wildman–Crippen LogP) is 2.42. The van der Waals surface area contributed by atoms with Gasteiger partial charge >= 0.3 is 0 Å². The second-order valence-electron chi connectivity index (χ2n) is 3.46. The van der Waals surface area contributed by atoms with Gasteiger partial charge in [0, 0.05) is 5.02 Å². The molecule has 0 bridgehead atoms. The molecule has 0 heterocycles. The molecule has 0 saturated heterocycles. The molecule has 0 saturated carbocycles. The first-order chi connectivity index (χ1) is 6.65. The van der Waals surface area contributed by atoms with E-state index < -0.39 is 6.10 Å². The van der Waals surface area contributed by atoms with Gasteiger partial charge in [0.05, 0.1) is 6.10 Å². The lowest BCUT2D eigenvalue weighted by molar-refractivity contribution is 0.165. The van der Waals surface area contributed by atoms with E-state index in [1.165, 1.54) is 0 Å². The highest BCUT2D eigenvalue weighted by Crippen LogP contribution is 2.23. The van der Waals surface area contributed by atoms with Crippen molar-refractivity contribution < 1.29 is 5.11 Å². The summed E-state index contributed by atoms with van der Waals surface area (Å²) >= 11 is 5.96. The maximum atomic E-state index is 9.75. The molecule has 78 valence electrons. The van der Waals surface area contributed by atoms with Crippen molar-refractivity contribution in [1.82, 2.24) is 0 Å². The van der Waals surface area contributed by atoms with Crippen LogP contribution in [-0.2, 0) is 0 Å². The Labute approximate surface area is 89.7 Å². The minimum absolute atomic E-state index is 0.448. The van der Waals surface area contributed by atoms with Crippen LogP contribution in [0, 0.1) is 6.92 Å². The molecule has 0 fully saturated rings. The first kappa shape index (κ1) is 11.5. The molecule has 0 aliphatic carbocycles. The quantitative estimate of drug-likeness (QED) is 0.807. The topological polar surface area (TPSA) is 46.2 Å². The Morgan fingerprint density at radius 1 is 1.50 bits per heavy atom. The molecule has 0 aliphatic rings. The zero-order valence-corrected chi connectivity index (χ0v) is 9.09. The molecule has 1 aromatic carbocycles. The Hall–Kier alpha value is -0.570. The second kappa shape index (κ2) is 5.35. The van der Waals surface area contributed by atoms with Crippen molar-refractivity contribution >= 4 is 11.6 Å². The lowest BCUT2D eigenvalue weighted by Crippen LogP contribution is -2.03. The van der Waals surface area contributed by atoms with E-state index >= 15 is 0 Å². The van der Waals surface area contributed by atoms with Gasteiger partial charge in [0.25, 0.3) is 0 Å². The van der Waals surface area contributed by atoms with E-state index in [1.54, 1.807) is 0 Å². The van der Waals surface area contributed by atoms with E-state index in [4.69, 9.17) is 17.3 Å². The fraction of sp³-hybridized carbons (Fsp3) is 0.455. The summed E-state index contributed by atoms with van der Waals surface area (Å²) in [6, 6.07) is 5.64. The summed E-state index contributed by atoms with van der Waals surface area (Å²) in [6.07, 6.45) is 1.07. The van der Waals surface area contributed by atoms with E-state index in [1.807, 2.05) is 25.1 Å². The van der Waals surface area contributed by atoms with Crippen molar-refractivity contribution in [2.75, 3.05) is 6.54 Å². The first-order valence-electron chi connectivity index (χ1n) is 4.79. The summed E-state index contributed by atoms with van der Waals surface area (Å²) in [4.78, 5) is 0. The second-order valence-corrected chi connectivity index (χ2v) is 3.86. The van der Waals surface area contributed by atoms with Crippen molar-refractivity contribution in [3.05, 3.63) is 34.3 Å². The molecule has 1 aromatic rings. The smallest absolute Gasteiger partial charge is 0.0791 e. The molecular formula is C11H16ClNO. The van der Waals surface area contributed by atoms with Crippen LogP contribution in [0.3, 0.4) is 0 Å². The van der Waals surface area contributed by atoms with Crippen LogP contribution in [-0.4, -0.2) is 11.7 Å². The maximum absolute atomic E-state index is 9.75. The highest BCUT2D eigenvalue weighted by atomic mass is 35.5. The standard InChI is InChI=1S/C11H16ClNO/c1-8-4-5-9(7-10(8)12)11(14)3-2-6-13/h4-5,7,11,14H,2-3,6,13H2,1H3. The number of benzene rings is 1. The van der Waals surface area contributed by atoms with Crippen LogP contribution in [0.1, 0.15) is 30.1 Å². The molecule has 1 rings (SSSR count). The van der Waals surface area contributed by atoms with Crippen molar-refractivity contribution in [3.63, 3.8) is 0 Å². The molecule has 3 heteroatoms. The van der Waals surface area contributed by atoms with E-state index in [0.29, 0.717) is 18.0 Å². The number of aliphatic hydroxyl groups is 1. The predicted molar refractivity (Wildman–Crippen MR) is 59.4 cm³/mol. The number of hydrogen-bond acceptors (Lipinski definition) is 2. The molecule has 2 nitrogen and oxygen atoms in total. The molecule has 14 heavy (non-hydrogen) atoms. The fourth-order valence-corrected chi connectivity index (χ4v) is 1.48. The van der Waals surface area contributed by atoms with Crippen LogP contribution in [0.2, 0.25) is 5.02 Å². The van der Waals surface area contributed by atoms with Gasteiger partial charge in [-0.3, -0.25) is 0 Å². The monoisotopic (exact) mass is 213 g/mol. The van der Waals surface area contributed by atoms with Crippen LogP contribution in [0.25, 0.3) is 0 Å². The lowest BCUT2D eigenvalue weighted by Gasteiger charge is -2.11. The average Bonchev–Trinajstić information content (AvgIpc) is 2.18. The zero-order chi connectivity index (χ0) is 10.6. The number of rotatable bonds is 4. The fourth-order valence-electron chi connectivity index (χ4n) is 1.29. The Bertz CT molecular complexity index is 301. The minimum atomic E-state index is -0.448. The summed E-state index contributed by atoms with van der Waals surface area (Å²) in [5.74, 6) is 0. The lowest BCUT2D eigenvalue weighted by atomic mass is 10.0. The number of hydrogen-bond donors (Lipinski definition) is 2. The number of aliphatic hydroxyl groups excluding tert-OH is 1. The van der Waals surface area contributed by atoms with Gasteiger partial charge in [-0.2, -0.15) is 0 Å².